The molecule has 1 heterocycles. The van der Waals surface area contributed by atoms with Gasteiger partial charge in [-0.25, -0.2) is 9.98 Å². The van der Waals surface area contributed by atoms with Crippen LogP contribution in [0.1, 0.15) is 11.1 Å². The van der Waals surface area contributed by atoms with E-state index in [4.69, 9.17) is 28.4 Å². The van der Waals surface area contributed by atoms with Crippen molar-refractivity contribution in [1.29, 1.82) is 0 Å². The van der Waals surface area contributed by atoms with Crippen molar-refractivity contribution in [3.63, 3.8) is 0 Å². The van der Waals surface area contributed by atoms with Gasteiger partial charge in [0.2, 0.25) is 0 Å². The fourth-order valence-electron chi connectivity index (χ4n) is 5.07. The number of rotatable bonds is 16. The van der Waals surface area contributed by atoms with E-state index < -0.39 is 0 Å². The summed E-state index contributed by atoms with van der Waals surface area (Å²) < 4.78 is 33.1. The Morgan fingerprint density at radius 2 is 1.08 bits per heavy atom. The summed E-state index contributed by atoms with van der Waals surface area (Å²) in [5, 5.41) is 22.0. The van der Waals surface area contributed by atoms with E-state index in [1.807, 2.05) is 48.5 Å². The summed E-state index contributed by atoms with van der Waals surface area (Å²) in [6.07, 6.45) is 4.62. The summed E-state index contributed by atoms with van der Waals surface area (Å²) in [6, 6.07) is 25.7. The molecule has 0 atom stereocenters. The molecule has 13 heteroatoms. The van der Waals surface area contributed by atoms with Crippen LogP contribution in [0, 0.1) is 0 Å². The van der Waals surface area contributed by atoms with E-state index in [2.05, 4.69) is 15.0 Å². The van der Waals surface area contributed by atoms with Gasteiger partial charge < -0.3 is 51.0 Å². The number of aromatic hydroxyl groups is 2. The second-order valence-corrected chi connectivity index (χ2v) is 10.8. The fraction of sp³-hybridized carbons (Fsp3) is 0.205. The number of ether oxygens (including phenoxy) is 6. The molecule has 0 fully saturated rings. The standard InChI is InChI=1S/C39H39N3O8.ClH.Mn/c1-45-16-18-49-33-13-7-5-10-30(33)26-20-28(37(43)35(22-26)47-3)24-41-32-12-9-15-40-39(32)42-25-29-21-27(23-36(48-4)38(29)44)31-11-6-8-14-34(31)50-19-17-46-2;;/h5-15,20-25,43-44H,16-19H2,1-4H3;1H;/q;;+2/p-1/b41-24?,42-25+;;. The van der Waals surface area contributed by atoms with Crippen molar-refractivity contribution in [2.45, 2.75) is 0 Å². The molecule has 0 spiro atoms. The molecule has 52 heavy (non-hydrogen) atoms. The van der Waals surface area contributed by atoms with Crippen molar-refractivity contribution in [2.75, 3.05) is 54.9 Å². The van der Waals surface area contributed by atoms with Gasteiger partial charge in [0.05, 0.1) is 27.4 Å². The molecule has 1 radical (unpaired) electrons. The Labute approximate surface area is 319 Å². The predicted octanol–water partition coefficient (Wildman–Crippen LogP) is 4.40. The molecular formula is C39H39ClMnN3O8+. The second-order valence-electron chi connectivity index (χ2n) is 10.8. The summed E-state index contributed by atoms with van der Waals surface area (Å²) in [5.74, 6) is 1.99. The number of hydrogen-bond donors (Lipinski definition) is 2. The van der Waals surface area contributed by atoms with Crippen molar-refractivity contribution in [2.24, 2.45) is 9.98 Å². The van der Waals surface area contributed by atoms with Gasteiger partial charge in [-0.1, -0.05) is 36.4 Å². The Morgan fingerprint density at radius 1 is 0.596 bits per heavy atom. The monoisotopic (exact) mass is 767 g/mol. The van der Waals surface area contributed by atoms with E-state index in [1.54, 1.807) is 56.8 Å². The average Bonchev–Trinajstić information content (AvgIpc) is 3.15. The first-order valence-corrected chi connectivity index (χ1v) is 15.7. The zero-order chi connectivity index (χ0) is 35.3. The van der Waals surface area contributed by atoms with Crippen LogP contribution < -0.4 is 31.4 Å². The predicted molar refractivity (Wildman–Crippen MR) is 194 cm³/mol. The van der Waals surface area contributed by atoms with Crippen molar-refractivity contribution in [3.05, 3.63) is 102 Å². The third-order valence-electron chi connectivity index (χ3n) is 7.57. The Bertz CT molecular complexity index is 1830. The van der Waals surface area contributed by atoms with Crippen LogP contribution in [0.2, 0.25) is 0 Å². The van der Waals surface area contributed by atoms with Crippen molar-refractivity contribution in [1.82, 2.24) is 4.98 Å². The van der Waals surface area contributed by atoms with Crippen LogP contribution in [0.4, 0.5) is 11.5 Å². The zero-order valence-corrected chi connectivity index (χ0v) is 31.0. The molecule has 11 nitrogen and oxygen atoms in total. The van der Waals surface area contributed by atoms with Crippen LogP contribution >= 0.6 is 0 Å². The average molecular weight is 768 g/mol. The zero-order valence-electron chi connectivity index (χ0n) is 29.1. The van der Waals surface area contributed by atoms with Gasteiger partial charge in [-0.15, -0.1) is 0 Å². The van der Waals surface area contributed by atoms with Crippen LogP contribution in [0.5, 0.6) is 34.5 Å². The van der Waals surface area contributed by atoms with E-state index >= 15 is 0 Å². The van der Waals surface area contributed by atoms with E-state index in [-0.39, 0.29) is 58.3 Å². The largest absolute Gasteiger partial charge is 2.00 e. The van der Waals surface area contributed by atoms with Gasteiger partial charge in [-0.3, -0.25) is 4.99 Å². The Morgan fingerprint density at radius 3 is 1.56 bits per heavy atom. The Kier molecular flexibility index (Phi) is 16.4. The quantitative estimate of drug-likeness (QED) is 0.0852. The number of aliphatic imine (C=N–C) groups is 2. The van der Waals surface area contributed by atoms with Gasteiger partial charge in [0.1, 0.15) is 30.4 Å². The van der Waals surface area contributed by atoms with Gasteiger partial charge in [0.25, 0.3) is 0 Å². The molecule has 2 N–H and O–H groups in total. The smallest absolute Gasteiger partial charge is 1.00 e. The van der Waals surface area contributed by atoms with E-state index in [0.717, 1.165) is 22.3 Å². The number of pyridine rings is 1. The normalized spacial score (nSPS) is 10.8. The number of hydrogen-bond acceptors (Lipinski definition) is 11. The summed E-state index contributed by atoms with van der Waals surface area (Å²) >= 11 is 0. The van der Waals surface area contributed by atoms with Gasteiger partial charge in [0, 0.05) is 55.1 Å². The van der Waals surface area contributed by atoms with E-state index in [1.165, 1.54) is 26.6 Å². The number of benzene rings is 4. The number of phenols is 2. The first kappa shape index (κ1) is 41.3. The first-order valence-electron chi connectivity index (χ1n) is 15.7. The number of halogens is 1. The van der Waals surface area contributed by atoms with Crippen LogP contribution in [-0.2, 0) is 26.5 Å². The van der Waals surface area contributed by atoms with Crippen LogP contribution in [0.3, 0.4) is 0 Å². The molecule has 1 aromatic heterocycles. The molecule has 0 aliphatic rings. The maximum Gasteiger partial charge on any atom is 2.00 e. The van der Waals surface area contributed by atoms with Crippen molar-refractivity contribution in [3.8, 4) is 56.8 Å². The van der Waals surface area contributed by atoms with Gasteiger partial charge in [-0.05, 0) is 59.7 Å². The van der Waals surface area contributed by atoms with Crippen LogP contribution in [0.15, 0.2) is 101 Å². The molecule has 5 aromatic rings. The Balaban J connectivity index is 0.00000364. The van der Waals surface area contributed by atoms with Crippen molar-refractivity contribution >= 4 is 23.9 Å². The van der Waals surface area contributed by atoms with Gasteiger partial charge in [-0.2, -0.15) is 0 Å². The SMILES string of the molecule is COCCOc1ccccc1-c1cc(C=Nc2cccnc2/N=C/c2cc(-c3ccccc3OCCOC)cc(OC)c2O)c(O)c(OC)c1.[Cl-].[Mn+2]. The minimum Gasteiger partial charge on any atom is -1.00 e. The van der Waals surface area contributed by atoms with E-state index in [0.29, 0.717) is 54.7 Å². The summed E-state index contributed by atoms with van der Waals surface area (Å²) in [5.41, 5.74) is 4.36. The molecule has 4 aromatic carbocycles. The minimum atomic E-state index is -0.0842. The molecule has 0 bridgehead atoms. The Hall–Kier alpha value is -5.10. The third-order valence-corrected chi connectivity index (χ3v) is 7.57. The molecule has 0 unspecified atom stereocenters. The second kappa shape index (κ2) is 20.7. The molecule has 0 saturated heterocycles. The molecule has 0 amide bonds. The molecule has 271 valence electrons. The number of para-hydroxylation sites is 2. The summed E-state index contributed by atoms with van der Waals surface area (Å²) in [7, 11) is 6.21. The van der Waals surface area contributed by atoms with Crippen molar-refractivity contribution < 1.29 is 68.1 Å². The molecule has 0 saturated carbocycles. The molecular weight excluding hydrogens is 729 g/mol. The topological polar surface area (TPSA) is 133 Å². The fourth-order valence-corrected chi connectivity index (χ4v) is 5.07. The first-order chi connectivity index (χ1) is 24.5. The van der Waals surface area contributed by atoms with Crippen LogP contribution in [-0.4, -0.2) is 82.5 Å². The third kappa shape index (κ3) is 10.2. The van der Waals surface area contributed by atoms with E-state index in [9.17, 15) is 10.2 Å². The maximum absolute atomic E-state index is 11.0. The minimum absolute atomic E-state index is 0. The van der Waals surface area contributed by atoms with Gasteiger partial charge in [0.15, 0.2) is 28.8 Å². The van der Waals surface area contributed by atoms with Gasteiger partial charge >= 0.3 is 17.1 Å². The summed E-state index contributed by atoms with van der Waals surface area (Å²) in [6.45, 7) is 1.65. The van der Waals surface area contributed by atoms with Crippen LogP contribution in [0.25, 0.3) is 22.3 Å². The maximum atomic E-state index is 11.0. The number of methoxy groups -OCH3 is 4. The molecule has 5 rings (SSSR count). The number of aromatic nitrogens is 1. The number of phenolic OH excluding ortho intramolecular Hbond substituents is 2. The molecule has 0 aliphatic heterocycles. The summed E-state index contributed by atoms with van der Waals surface area (Å²) in [4.78, 5) is 13.6. The number of nitrogens with zero attached hydrogens (tertiary/aromatic N) is 3. The molecule has 0 aliphatic carbocycles.